The molecule has 0 saturated carbocycles. The molecular formula is C12H12N2. The van der Waals surface area contributed by atoms with E-state index < -0.39 is 0 Å². The number of hydrogen-bond donors (Lipinski definition) is 0. The second-order valence-electron chi connectivity index (χ2n) is 3.79. The van der Waals surface area contributed by atoms with Gasteiger partial charge in [0.1, 0.15) is 0 Å². The first-order chi connectivity index (χ1) is 6.86. The van der Waals surface area contributed by atoms with E-state index in [9.17, 15) is 0 Å². The first-order valence-corrected chi connectivity index (χ1v) is 4.95. The van der Waals surface area contributed by atoms with E-state index in [1.165, 1.54) is 22.4 Å². The lowest BCUT2D eigenvalue weighted by Gasteiger charge is -2.16. The monoisotopic (exact) mass is 184 g/mol. The molecule has 1 aliphatic carbocycles. The molecule has 1 aliphatic rings. The van der Waals surface area contributed by atoms with E-state index in [2.05, 4.69) is 29.4 Å². The van der Waals surface area contributed by atoms with Crippen molar-refractivity contribution in [2.24, 2.45) is 7.05 Å². The van der Waals surface area contributed by atoms with Gasteiger partial charge in [0.15, 0.2) is 0 Å². The molecule has 2 nitrogen and oxygen atoms in total. The van der Waals surface area contributed by atoms with Crippen LogP contribution in [-0.4, -0.2) is 9.78 Å². The second-order valence-corrected chi connectivity index (χ2v) is 3.79. The molecule has 0 spiro atoms. The Balaban J connectivity index is 2.29. The van der Waals surface area contributed by atoms with Crippen LogP contribution in [0, 0.1) is 0 Å². The summed E-state index contributed by atoms with van der Waals surface area (Å²) in [5.41, 5.74) is 5.49. The van der Waals surface area contributed by atoms with Crippen LogP contribution >= 0.6 is 0 Å². The number of nitrogens with zero attached hydrogens (tertiary/aromatic N) is 2. The third kappa shape index (κ3) is 0.939. The summed E-state index contributed by atoms with van der Waals surface area (Å²) in [4.78, 5) is 0. The first-order valence-electron chi connectivity index (χ1n) is 4.95. The maximum absolute atomic E-state index is 4.31. The third-order valence-corrected chi connectivity index (χ3v) is 3.00. The molecule has 0 atom stereocenters. The molecule has 0 bridgehead atoms. The minimum absolute atomic E-state index is 1.11. The normalized spacial score (nSPS) is 13.5. The van der Waals surface area contributed by atoms with Crippen molar-refractivity contribution in [3.05, 3.63) is 41.7 Å². The van der Waals surface area contributed by atoms with Crippen LogP contribution in [0.2, 0.25) is 0 Å². The Morgan fingerprint density at radius 2 is 2.00 bits per heavy atom. The van der Waals surface area contributed by atoms with E-state index in [0.717, 1.165) is 12.8 Å². The predicted octanol–water partition coefficient (Wildman–Crippen LogP) is 2.19. The fraction of sp³-hybridized carbons (Fsp3) is 0.250. The smallest absolute Gasteiger partial charge is 0.0571 e. The maximum Gasteiger partial charge on any atom is 0.0571 e. The van der Waals surface area contributed by atoms with Crippen LogP contribution in [0.5, 0.6) is 0 Å². The molecule has 0 fully saturated rings. The van der Waals surface area contributed by atoms with Crippen molar-refractivity contribution in [1.82, 2.24) is 9.78 Å². The van der Waals surface area contributed by atoms with Crippen LogP contribution in [0.3, 0.4) is 0 Å². The molecule has 1 aromatic heterocycles. The summed E-state index contributed by atoms with van der Waals surface area (Å²) in [6.07, 6.45) is 4.24. The third-order valence-electron chi connectivity index (χ3n) is 3.00. The Labute approximate surface area is 83.2 Å². The second kappa shape index (κ2) is 2.71. The molecule has 1 heterocycles. The SMILES string of the molecule is Cn1ncc2c1CCc1ccccc1-2. The van der Waals surface area contributed by atoms with Crippen LogP contribution in [0.15, 0.2) is 30.5 Å². The molecule has 1 aromatic carbocycles. The number of aryl methyl sites for hydroxylation is 2. The topological polar surface area (TPSA) is 17.8 Å². The highest BCUT2D eigenvalue weighted by molar-refractivity contribution is 5.71. The van der Waals surface area contributed by atoms with Gasteiger partial charge in [0, 0.05) is 18.3 Å². The van der Waals surface area contributed by atoms with Gasteiger partial charge in [-0.15, -0.1) is 0 Å². The quantitative estimate of drug-likeness (QED) is 0.613. The molecule has 0 radical (unpaired) electrons. The highest BCUT2D eigenvalue weighted by Crippen LogP contribution is 2.32. The molecule has 3 rings (SSSR count). The summed E-state index contributed by atoms with van der Waals surface area (Å²) in [6, 6.07) is 8.61. The van der Waals surface area contributed by atoms with Gasteiger partial charge in [-0.1, -0.05) is 24.3 Å². The Morgan fingerprint density at radius 3 is 2.93 bits per heavy atom. The molecule has 0 aliphatic heterocycles. The highest BCUT2D eigenvalue weighted by Gasteiger charge is 2.18. The van der Waals surface area contributed by atoms with Gasteiger partial charge in [0.25, 0.3) is 0 Å². The lowest BCUT2D eigenvalue weighted by atomic mass is 9.90. The average Bonchev–Trinajstić information content (AvgIpc) is 2.61. The van der Waals surface area contributed by atoms with Gasteiger partial charge < -0.3 is 0 Å². The largest absolute Gasteiger partial charge is 0.272 e. The summed E-state index contributed by atoms with van der Waals surface area (Å²) in [7, 11) is 2.02. The zero-order valence-corrected chi connectivity index (χ0v) is 8.20. The fourth-order valence-corrected chi connectivity index (χ4v) is 2.24. The van der Waals surface area contributed by atoms with Crippen molar-refractivity contribution in [2.45, 2.75) is 12.8 Å². The van der Waals surface area contributed by atoms with Crippen molar-refractivity contribution in [1.29, 1.82) is 0 Å². The Morgan fingerprint density at radius 1 is 1.14 bits per heavy atom. The van der Waals surface area contributed by atoms with Crippen LogP contribution < -0.4 is 0 Å². The van der Waals surface area contributed by atoms with Crippen molar-refractivity contribution in [2.75, 3.05) is 0 Å². The van der Waals surface area contributed by atoms with Gasteiger partial charge in [-0.05, 0) is 24.0 Å². The molecule has 14 heavy (non-hydrogen) atoms. The molecule has 2 aromatic rings. The molecule has 0 amide bonds. The van der Waals surface area contributed by atoms with Crippen LogP contribution in [0.1, 0.15) is 11.3 Å². The van der Waals surface area contributed by atoms with E-state index >= 15 is 0 Å². The lowest BCUT2D eigenvalue weighted by molar-refractivity contribution is 0.701. The Bertz CT molecular complexity index is 483. The molecular weight excluding hydrogens is 172 g/mol. The van der Waals surface area contributed by atoms with E-state index in [-0.39, 0.29) is 0 Å². The first kappa shape index (κ1) is 7.80. The van der Waals surface area contributed by atoms with E-state index in [4.69, 9.17) is 0 Å². The summed E-state index contributed by atoms with van der Waals surface area (Å²) in [6.45, 7) is 0. The summed E-state index contributed by atoms with van der Waals surface area (Å²) < 4.78 is 1.99. The highest BCUT2D eigenvalue weighted by atomic mass is 15.3. The fourth-order valence-electron chi connectivity index (χ4n) is 2.24. The average molecular weight is 184 g/mol. The van der Waals surface area contributed by atoms with Crippen molar-refractivity contribution in [3.8, 4) is 11.1 Å². The summed E-state index contributed by atoms with van der Waals surface area (Å²) in [5, 5.41) is 4.31. The molecule has 0 saturated heterocycles. The van der Waals surface area contributed by atoms with Crippen LogP contribution in [0.4, 0.5) is 0 Å². The zero-order chi connectivity index (χ0) is 9.54. The van der Waals surface area contributed by atoms with Crippen molar-refractivity contribution >= 4 is 0 Å². The number of rotatable bonds is 0. The summed E-state index contributed by atoms with van der Waals surface area (Å²) in [5.74, 6) is 0. The van der Waals surface area contributed by atoms with E-state index in [1.54, 1.807) is 0 Å². The van der Waals surface area contributed by atoms with Gasteiger partial charge in [-0.2, -0.15) is 5.10 Å². The Kier molecular flexibility index (Phi) is 1.51. The van der Waals surface area contributed by atoms with Gasteiger partial charge >= 0.3 is 0 Å². The minimum Gasteiger partial charge on any atom is -0.272 e. The predicted molar refractivity (Wildman–Crippen MR) is 56.1 cm³/mol. The van der Waals surface area contributed by atoms with Crippen LogP contribution in [0.25, 0.3) is 11.1 Å². The van der Waals surface area contributed by atoms with Gasteiger partial charge in [0.2, 0.25) is 0 Å². The van der Waals surface area contributed by atoms with Gasteiger partial charge in [-0.3, -0.25) is 4.68 Å². The van der Waals surface area contributed by atoms with Gasteiger partial charge in [0.05, 0.1) is 6.20 Å². The standard InChI is InChI=1S/C12H12N2/c1-14-12-7-6-9-4-2-3-5-10(9)11(12)8-13-14/h2-5,8H,6-7H2,1H3. The number of aromatic nitrogens is 2. The summed E-state index contributed by atoms with van der Waals surface area (Å²) >= 11 is 0. The van der Waals surface area contributed by atoms with Gasteiger partial charge in [-0.25, -0.2) is 0 Å². The lowest BCUT2D eigenvalue weighted by Crippen LogP contribution is -2.06. The van der Waals surface area contributed by atoms with E-state index in [0.29, 0.717) is 0 Å². The number of benzene rings is 1. The molecule has 0 N–H and O–H groups in total. The maximum atomic E-state index is 4.31. The molecule has 70 valence electrons. The minimum atomic E-state index is 1.11. The van der Waals surface area contributed by atoms with Crippen molar-refractivity contribution in [3.63, 3.8) is 0 Å². The molecule has 0 unspecified atom stereocenters. The van der Waals surface area contributed by atoms with Crippen molar-refractivity contribution < 1.29 is 0 Å². The number of fused-ring (bicyclic) bond motifs is 3. The zero-order valence-electron chi connectivity index (χ0n) is 8.20. The van der Waals surface area contributed by atoms with E-state index in [1.807, 2.05) is 17.9 Å². The molecule has 2 heteroatoms. The Hall–Kier alpha value is -1.57. The number of hydrogen-bond acceptors (Lipinski definition) is 1. The van der Waals surface area contributed by atoms with Crippen LogP contribution in [-0.2, 0) is 19.9 Å².